The summed E-state index contributed by atoms with van der Waals surface area (Å²) in [4.78, 5) is 0. The summed E-state index contributed by atoms with van der Waals surface area (Å²) in [6.07, 6.45) is 0. The van der Waals surface area contributed by atoms with Crippen molar-refractivity contribution in [3.05, 3.63) is 198 Å². The molecule has 0 aliphatic heterocycles. The van der Waals surface area contributed by atoms with Crippen LogP contribution in [0.5, 0.6) is 0 Å². The highest BCUT2D eigenvalue weighted by molar-refractivity contribution is 6.16. The van der Waals surface area contributed by atoms with Gasteiger partial charge < -0.3 is 8.98 Å². The first-order valence-corrected chi connectivity index (χ1v) is 17.7. The van der Waals surface area contributed by atoms with Crippen LogP contribution in [0, 0.1) is 0 Å². The van der Waals surface area contributed by atoms with Crippen LogP contribution in [-0.2, 0) is 5.41 Å². The third kappa shape index (κ3) is 3.37. The second-order valence-electron chi connectivity index (χ2n) is 14.0. The Morgan fingerprint density at radius 1 is 0.392 bits per heavy atom. The number of nitrogens with zero attached hydrogens (tertiary/aromatic N) is 1. The summed E-state index contributed by atoms with van der Waals surface area (Å²) >= 11 is 0. The summed E-state index contributed by atoms with van der Waals surface area (Å²) in [6.45, 7) is 0. The Kier molecular flexibility index (Phi) is 5.20. The van der Waals surface area contributed by atoms with Crippen molar-refractivity contribution in [1.82, 2.24) is 4.57 Å². The highest BCUT2D eigenvalue weighted by atomic mass is 16.3. The van der Waals surface area contributed by atoms with Gasteiger partial charge in [-0.3, -0.25) is 0 Å². The van der Waals surface area contributed by atoms with Crippen molar-refractivity contribution in [2.75, 3.05) is 0 Å². The van der Waals surface area contributed by atoms with E-state index in [0.29, 0.717) is 0 Å². The Balaban J connectivity index is 1.14. The highest BCUT2D eigenvalue weighted by Crippen LogP contribution is 2.64. The minimum atomic E-state index is -0.436. The minimum Gasteiger partial charge on any atom is -0.456 e. The van der Waals surface area contributed by atoms with Crippen LogP contribution in [0.4, 0.5) is 0 Å². The maximum Gasteiger partial charge on any atom is 0.136 e. The SMILES string of the molecule is c1ccc(-c2ccc3c(c2)c2ccccc2n3-c2ccc3c(c2)-c2ccccc2C32c3ccccc3-c3c2ccc2oc4ccccc4c32)cc1. The van der Waals surface area contributed by atoms with E-state index in [1.165, 1.54) is 93.9 Å². The monoisotopic (exact) mass is 647 g/mol. The largest absolute Gasteiger partial charge is 0.456 e. The number of benzene rings is 8. The van der Waals surface area contributed by atoms with Crippen molar-refractivity contribution >= 4 is 43.7 Å². The van der Waals surface area contributed by atoms with Crippen molar-refractivity contribution < 1.29 is 4.42 Å². The molecule has 1 unspecified atom stereocenters. The number of rotatable bonds is 2. The summed E-state index contributed by atoms with van der Waals surface area (Å²) in [7, 11) is 0. The number of fused-ring (bicyclic) bond motifs is 17. The van der Waals surface area contributed by atoms with Crippen LogP contribution >= 0.6 is 0 Å². The van der Waals surface area contributed by atoms with Gasteiger partial charge in [0.15, 0.2) is 0 Å². The number of hydrogen-bond acceptors (Lipinski definition) is 1. The van der Waals surface area contributed by atoms with E-state index in [2.05, 4.69) is 180 Å². The lowest BCUT2D eigenvalue weighted by Crippen LogP contribution is -2.25. The Morgan fingerprint density at radius 2 is 1.06 bits per heavy atom. The van der Waals surface area contributed by atoms with Gasteiger partial charge in [0.05, 0.1) is 16.4 Å². The summed E-state index contributed by atoms with van der Waals surface area (Å²) in [5, 5.41) is 4.90. The van der Waals surface area contributed by atoms with Crippen molar-refractivity contribution in [2.45, 2.75) is 5.41 Å². The van der Waals surface area contributed by atoms with Gasteiger partial charge in [0.2, 0.25) is 0 Å². The van der Waals surface area contributed by atoms with Crippen LogP contribution in [-0.4, -0.2) is 4.57 Å². The van der Waals surface area contributed by atoms with Gasteiger partial charge in [-0.2, -0.15) is 0 Å². The van der Waals surface area contributed by atoms with Gasteiger partial charge in [0.25, 0.3) is 0 Å². The molecule has 0 N–H and O–H groups in total. The number of aromatic nitrogens is 1. The average Bonchev–Trinajstić information content (AvgIpc) is 3.91. The fraction of sp³-hybridized carbons (Fsp3) is 0.0204. The molecule has 1 spiro atoms. The first-order chi connectivity index (χ1) is 25.3. The molecule has 236 valence electrons. The maximum atomic E-state index is 6.44. The molecule has 1 atom stereocenters. The molecule has 2 aliphatic rings. The van der Waals surface area contributed by atoms with E-state index in [1.54, 1.807) is 0 Å². The van der Waals surface area contributed by atoms with Crippen LogP contribution in [0.25, 0.3) is 82.8 Å². The standard InChI is InChI=1S/C49H29NO/c1-2-12-30(13-3-1)31-22-26-44-38(28-31)34-15-6-10-20-43(34)50(44)32-23-24-41-37(29-32)33-14-4-8-18-39(33)49(41)40-19-9-5-16-35(40)47-42(49)25-27-46-48(47)36-17-7-11-21-45(36)51-46/h1-29H. The van der Waals surface area contributed by atoms with Gasteiger partial charge in [-0.05, 0) is 98.1 Å². The van der Waals surface area contributed by atoms with Crippen LogP contribution in [0.15, 0.2) is 180 Å². The lowest BCUT2D eigenvalue weighted by atomic mass is 9.70. The molecule has 0 radical (unpaired) electrons. The zero-order valence-electron chi connectivity index (χ0n) is 27.6. The lowest BCUT2D eigenvalue weighted by Gasteiger charge is -2.30. The molecule has 0 saturated heterocycles. The van der Waals surface area contributed by atoms with Crippen LogP contribution in [0.3, 0.4) is 0 Å². The molecular weight excluding hydrogens is 619 g/mol. The van der Waals surface area contributed by atoms with E-state index in [4.69, 9.17) is 4.42 Å². The number of hydrogen-bond donors (Lipinski definition) is 0. The van der Waals surface area contributed by atoms with Gasteiger partial charge in [0.1, 0.15) is 11.2 Å². The van der Waals surface area contributed by atoms with Gasteiger partial charge >= 0.3 is 0 Å². The molecule has 2 heteroatoms. The second-order valence-corrected chi connectivity index (χ2v) is 14.0. The van der Waals surface area contributed by atoms with Crippen molar-refractivity contribution in [1.29, 1.82) is 0 Å². The third-order valence-corrected chi connectivity index (χ3v) is 11.6. The smallest absolute Gasteiger partial charge is 0.136 e. The molecule has 0 saturated carbocycles. The molecule has 2 aliphatic carbocycles. The summed E-state index contributed by atoms with van der Waals surface area (Å²) < 4.78 is 8.89. The van der Waals surface area contributed by atoms with Crippen LogP contribution in [0.1, 0.15) is 22.3 Å². The van der Waals surface area contributed by atoms with Gasteiger partial charge in [-0.15, -0.1) is 0 Å². The van der Waals surface area contributed by atoms with Gasteiger partial charge in [0, 0.05) is 27.2 Å². The van der Waals surface area contributed by atoms with Gasteiger partial charge in [-0.1, -0.05) is 133 Å². The summed E-state index contributed by atoms with van der Waals surface area (Å²) in [6, 6.07) is 64.7. The van der Waals surface area contributed by atoms with Crippen LogP contribution in [0.2, 0.25) is 0 Å². The quantitative estimate of drug-likeness (QED) is 0.183. The molecule has 8 aromatic carbocycles. The second kappa shape index (κ2) is 9.74. The lowest BCUT2D eigenvalue weighted by molar-refractivity contribution is 0.668. The molecule has 2 nitrogen and oxygen atoms in total. The van der Waals surface area contributed by atoms with Crippen molar-refractivity contribution in [3.8, 4) is 39.1 Å². The molecule has 0 amide bonds. The van der Waals surface area contributed by atoms with E-state index < -0.39 is 5.41 Å². The minimum absolute atomic E-state index is 0.436. The molecule has 2 heterocycles. The Bertz CT molecular complexity index is 3090. The van der Waals surface area contributed by atoms with E-state index in [-0.39, 0.29) is 0 Å². The van der Waals surface area contributed by atoms with E-state index in [1.807, 2.05) is 0 Å². The average molecular weight is 648 g/mol. The first-order valence-electron chi connectivity index (χ1n) is 17.7. The molecule has 0 fully saturated rings. The predicted molar refractivity (Wildman–Crippen MR) is 210 cm³/mol. The summed E-state index contributed by atoms with van der Waals surface area (Å²) in [5.74, 6) is 0. The molecular formula is C49H29NO. The normalized spacial score (nSPS) is 15.5. The maximum absolute atomic E-state index is 6.44. The highest BCUT2D eigenvalue weighted by Gasteiger charge is 2.52. The first kappa shape index (κ1) is 27.2. The summed E-state index contributed by atoms with van der Waals surface area (Å²) in [5.41, 5.74) is 18.0. The van der Waals surface area contributed by atoms with E-state index in [9.17, 15) is 0 Å². The fourth-order valence-corrected chi connectivity index (χ4v) is 9.63. The molecule has 51 heavy (non-hydrogen) atoms. The molecule has 0 bridgehead atoms. The molecule has 12 rings (SSSR count). The van der Waals surface area contributed by atoms with Gasteiger partial charge in [-0.25, -0.2) is 0 Å². The topological polar surface area (TPSA) is 18.1 Å². The zero-order valence-corrected chi connectivity index (χ0v) is 27.6. The number of para-hydroxylation sites is 2. The van der Waals surface area contributed by atoms with Crippen molar-refractivity contribution in [2.24, 2.45) is 0 Å². The van der Waals surface area contributed by atoms with E-state index >= 15 is 0 Å². The fourth-order valence-electron chi connectivity index (χ4n) is 9.63. The van der Waals surface area contributed by atoms with Crippen molar-refractivity contribution in [3.63, 3.8) is 0 Å². The Morgan fingerprint density at radius 3 is 1.94 bits per heavy atom. The number of furan rings is 1. The van der Waals surface area contributed by atoms with Crippen LogP contribution < -0.4 is 0 Å². The predicted octanol–water partition coefficient (Wildman–Crippen LogP) is 12.7. The third-order valence-electron chi connectivity index (χ3n) is 11.6. The zero-order chi connectivity index (χ0) is 33.3. The molecule has 2 aromatic heterocycles. The Hall–Kier alpha value is -6.64. The van der Waals surface area contributed by atoms with E-state index in [0.717, 1.165) is 11.2 Å². The Labute approximate surface area is 294 Å². The molecule has 10 aromatic rings.